The van der Waals surface area contributed by atoms with Gasteiger partial charge in [0.05, 0.1) is 0 Å². The minimum atomic E-state index is -0.00418. The Bertz CT molecular complexity index is 586. The third kappa shape index (κ3) is 4.97. The maximum Gasteiger partial charge on any atom is 0.317 e. The lowest BCUT2D eigenvalue weighted by molar-refractivity contribution is -0.130. The first-order valence-electron chi connectivity index (χ1n) is 9.45. The molecular weight excluding hydrogens is 314 g/mol. The zero-order valence-electron chi connectivity index (χ0n) is 15.1. The summed E-state index contributed by atoms with van der Waals surface area (Å²) in [4.78, 5) is 28.3. The molecule has 2 aliphatic rings. The molecule has 25 heavy (non-hydrogen) atoms. The molecule has 0 aromatic heterocycles. The van der Waals surface area contributed by atoms with Crippen LogP contribution in [0.1, 0.15) is 37.7 Å². The summed E-state index contributed by atoms with van der Waals surface area (Å²) in [6, 6.07) is 10.2. The van der Waals surface area contributed by atoms with Crippen LogP contribution in [0.15, 0.2) is 30.3 Å². The largest absolute Gasteiger partial charge is 0.341 e. The van der Waals surface area contributed by atoms with E-state index in [9.17, 15) is 9.59 Å². The van der Waals surface area contributed by atoms with Gasteiger partial charge in [0.2, 0.25) is 5.91 Å². The second kappa shape index (κ2) is 8.37. The molecule has 0 unspecified atom stereocenters. The van der Waals surface area contributed by atoms with Crippen LogP contribution >= 0.6 is 0 Å². The first kappa shape index (κ1) is 17.8. The van der Waals surface area contributed by atoms with Gasteiger partial charge >= 0.3 is 6.03 Å². The lowest BCUT2D eigenvalue weighted by Gasteiger charge is -2.30. The van der Waals surface area contributed by atoms with Gasteiger partial charge in [-0.25, -0.2) is 4.79 Å². The lowest BCUT2D eigenvalue weighted by atomic mass is 9.85. The first-order chi connectivity index (χ1) is 12.1. The Morgan fingerprint density at radius 2 is 1.96 bits per heavy atom. The zero-order valence-corrected chi connectivity index (χ0v) is 15.1. The molecule has 1 saturated carbocycles. The average Bonchev–Trinajstić information content (AvgIpc) is 3.05. The maximum absolute atomic E-state index is 12.4. The van der Waals surface area contributed by atoms with Crippen molar-refractivity contribution in [2.24, 2.45) is 5.92 Å². The molecule has 1 N–H and O–H groups in total. The van der Waals surface area contributed by atoms with Gasteiger partial charge in [0.15, 0.2) is 0 Å². The fourth-order valence-electron chi connectivity index (χ4n) is 3.59. The SMILES string of the molecule is CN(CC1CCC1)C(=O)N[C@H]1CCN(C(=O)CCc2ccccc2)C1. The van der Waals surface area contributed by atoms with Gasteiger partial charge in [-0.3, -0.25) is 4.79 Å². The molecule has 1 aliphatic carbocycles. The Hall–Kier alpha value is -2.04. The highest BCUT2D eigenvalue weighted by atomic mass is 16.2. The summed E-state index contributed by atoms with van der Waals surface area (Å²) in [6.45, 7) is 2.22. The van der Waals surface area contributed by atoms with Gasteiger partial charge in [-0.15, -0.1) is 0 Å². The molecule has 1 heterocycles. The van der Waals surface area contributed by atoms with Crippen molar-refractivity contribution < 1.29 is 9.59 Å². The smallest absolute Gasteiger partial charge is 0.317 e. The molecule has 5 nitrogen and oxygen atoms in total. The number of hydrogen-bond acceptors (Lipinski definition) is 2. The Labute approximate surface area is 150 Å². The summed E-state index contributed by atoms with van der Waals surface area (Å²) in [5, 5.41) is 3.08. The molecule has 0 spiro atoms. The summed E-state index contributed by atoms with van der Waals surface area (Å²) in [5.74, 6) is 0.860. The summed E-state index contributed by atoms with van der Waals surface area (Å²) in [6.07, 6.45) is 5.93. The van der Waals surface area contributed by atoms with E-state index in [1.807, 2.05) is 30.1 Å². The molecule has 0 bridgehead atoms. The summed E-state index contributed by atoms with van der Waals surface area (Å²) >= 11 is 0. The zero-order chi connectivity index (χ0) is 17.6. The van der Waals surface area contributed by atoms with E-state index >= 15 is 0 Å². The number of carbonyl (C=O) groups excluding carboxylic acids is 2. The van der Waals surface area contributed by atoms with Crippen molar-refractivity contribution in [2.45, 2.75) is 44.6 Å². The van der Waals surface area contributed by atoms with Crippen LogP contribution in [0, 0.1) is 5.92 Å². The van der Waals surface area contributed by atoms with Crippen molar-refractivity contribution in [3.05, 3.63) is 35.9 Å². The fraction of sp³-hybridized carbons (Fsp3) is 0.600. The van der Waals surface area contributed by atoms with E-state index in [1.165, 1.54) is 24.8 Å². The van der Waals surface area contributed by atoms with E-state index in [-0.39, 0.29) is 18.0 Å². The van der Waals surface area contributed by atoms with Gasteiger partial charge in [0.1, 0.15) is 0 Å². The molecule has 2 fully saturated rings. The van der Waals surface area contributed by atoms with Crippen molar-refractivity contribution in [3.63, 3.8) is 0 Å². The van der Waals surface area contributed by atoms with Crippen molar-refractivity contribution in [3.8, 4) is 0 Å². The van der Waals surface area contributed by atoms with E-state index in [1.54, 1.807) is 4.90 Å². The topological polar surface area (TPSA) is 52.7 Å². The van der Waals surface area contributed by atoms with Crippen LogP contribution in [0.3, 0.4) is 0 Å². The minimum absolute atomic E-state index is 0.00418. The third-order valence-electron chi connectivity index (χ3n) is 5.44. The summed E-state index contributed by atoms with van der Waals surface area (Å²) in [5.41, 5.74) is 1.19. The molecule has 3 rings (SSSR count). The number of benzene rings is 1. The van der Waals surface area contributed by atoms with Crippen LogP contribution in [-0.4, -0.2) is 54.5 Å². The van der Waals surface area contributed by atoms with E-state index in [4.69, 9.17) is 0 Å². The van der Waals surface area contributed by atoms with Crippen LogP contribution in [0.25, 0.3) is 0 Å². The van der Waals surface area contributed by atoms with E-state index in [0.717, 1.165) is 25.9 Å². The predicted octanol–water partition coefficient (Wildman–Crippen LogP) is 2.66. The standard InChI is InChI=1S/C20H29N3O2/c1-22(14-17-8-5-9-17)20(25)21-18-12-13-23(15-18)19(24)11-10-16-6-3-2-4-7-16/h2-4,6-7,17-18H,5,8-15H2,1H3,(H,21,25)/t18-/m0/s1. The molecule has 1 aromatic rings. The number of carbonyl (C=O) groups is 2. The third-order valence-corrected chi connectivity index (χ3v) is 5.44. The first-order valence-corrected chi connectivity index (χ1v) is 9.45. The second-order valence-electron chi connectivity index (χ2n) is 7.44. The Kier molecular flexibility index (Phi) is 5.95. The molecule has 1 saturated heterocycles. The number of amides is 3. The number of rotatable bonds is 6. The number of aryl methyl sites for hydroxylation is 1. The normalized spacial score (nSPS) is 20.2. The van der Waals surface area contributed by atoms with Crippen LogP contribution in [0.2, 0.25) is 0 Å². The number of likely N-dealkylation sites (tertiary alicyclic amines) is 1. The van der Waals surface area contributed by atoms with E-state index in [2.05, 4.69) is 17.4 Å². The molecule has 136 valence electrons. The van der Waals surface area contributed by atoms with Crippen LogP contribution in [0.5, 0.6) is 0 Å². The molecule has 1 atom stereocenters. The molecule has 5 heteroatoms. The Morgan fingerprint density at radius 1 is 1.20 bits per heavy atom. The highest BCUT2D eigenvalue weighted by Gasteiger charge is 2.28. The van der Waals surface area contributed by atoms with Gasteiger partial charge in [-0.05, 0) is 37.2 Å². The van der Waals surface area contributed by atoms with Gasteiger partial charge in [-0.1, -0.05) is 36.8 Å². The van der Waals surface area contributed by atoms with E-state index < -0.39 is 0 Å². The van der Waals surface area contributed by atoms with E-state index in [0.29, 0.717) is 18.9 Å². The number of nitrogens with zero attached hydrogens (tertiary/aromatic N) is 2. The minimum Gasteiger partial charge on any atom is -0.341 e. The van der Waals surface area contributed by atoms with Crippen molar-refractivity contribution in [2.75, 3.05) is 26.7 Å². The highest BCUT2D eigenvalue weighted by Crippen LogP contribution is 2.26. The molecular formula is C20H29N3O2. The molecule has 1 aliphatic heterocycles. The van der Waals surface area contributed by atoms with Gasteiger partial charge in [0, 0.05) is 39.1 Å². The Balaban J connectivity index is 1.38. The highest BCUT2D eigenvalue weighted by molar-refractivity contribution is 5.77. The maximum atomic E-state index is 12.4. The fourth-order valence-corrected chi connectivity index (χ4v) is 3.59. The summed E-state index contributed by atoms with van der Waals surface area (Å²) in [7, 11) is 1.87. The monoisotopic (exact) mass is 343 g/mol. The summed E-state index contributed by atoms with van der Waals surface area (Å²) < 4.78 is 0. The number of urea groups is 1. The molecule has 3 amide bonds. The van der Waals surface area contributed by atoms with Crippen LogP contribution < -0.4 is 5.32 Å². The number of hydrogen-bond donors (Lipinski definition) is 1. The van der Waals surface area contributed by atoms with Gasteiger partial charge in [-0.2, -0.15) is 0 Å². The van der Waals surface area contributed by atoms with Crippen molar-refractivity contribution in [1.82, 2.24) is 15.1 Å². The lowest BCUT2D eigenvalue weighted by Crippen LogP contribution is -2.46. The van der Waals surface area contributed by atoms with Crippen LogP contribution in [0.4, 0.5) is 4.79 Å². The van der Waals surface area contributed by atoms with Crippen molar-refractivity contribution >= 4 is 11.9 Å². The Morgan fingerprint density at radius 3 is 2.64 bits per heavy atom. The van der Waals surface area contributed by atoms with Crippen LogP contribution in [-0.2, 0) is 11.2 Å². The van der Waals surface area contributed by atoms with Gasteiger partial charge < -0.3 is 15.1 Å². The van der Waals surface area contributed by atoms with Gasteiger partial charge in [0.25, 0.3) is 0 Å². The number of nitrogens with one attached hydrogen (secondary N) is 1. The second-order valence-corrected chi connectivity index (χ2v) is 7.44. The average molecular weight is 343 g/mol. The quantitative estimate of drug-likeness (QED) is 0.863. The predicted molar refractivity (Wildman–Crippen MR) is 98.3 cm³/mol. The van der Waals surface area contributed by atoms with Crippen molar-refractivity contribution in [1.29, 1.82) is 0 Å². The molecule has 0 radical (unpaired) electrons. The molecule has 1 aromatic carbocycles.